The normalized spacial score (nSPS) is 20.3. The highest BCUT2D eigenvalue weighted by Gasteiger charge is 2.30. The smallest absolute Gasteiger partial charge is 0.251 e. The molecular formula is C23H38N6O2. The lowest BCUT2D eigenvalue weighted by atomic mass is 10.1. The topological polar surface area (TPSA) is 72.4 Å². The molecule has 31 heavy (non-hydrogen) atoms. The Hall–Kier alpha value is -2.16. The van der Waals surface area contributed by atoms with Crippen LogP contribution in [0.3, 0.4) is 0 Å². The van der Waals surface area contributed by atoms with Gasteiger partial charge in [0.15, 0.2) is 5.96 Å². The fourth-order valence-corrected chi connectivity index (χ4v) is 4.07. The number of amides is 1. The lowest BCUT2D eigenvalue weighted by Crippen LogP contribution is -2.46. The van der Waals surface area contributed by atoms with Crippen molar-refractivity contribution in [1.29, 1.82) is 0 Å². The summed E-state index contributed by atoms with van der Waals surface area (Å²) in [6.45, 7) is 10.7. The van der Waals surface area contributed by atoms with E-state index < -0.39 is 0 Å². The molecule has 0 saturated carbocycles. The summed E-state index contributed by atoms with van der Waals surface area (Å²) in [4.78, 5) is 24.3. The van der Waals surface area contributed by atoms with Crippen LogP contribution in [-0.4, -0.2) is 106 Å². The van der Waals surface area contributed by atoms with Gasteiger partial charge in [-0.25, -0.2) is 4.99 Å². The highest BCUT2D eigenvalue weighted by atomic mass is 16.5. The van der Waals surface area contributed by atoms with Crippen molar-refractivity contribution in [2.45, 2.75) is 25.9 Å². The van der Waals surface area contributed by atoms with Crippen LogP contribution in [-0.2, 0) is 11.3 Å². The molecule has 3 rings (SSSR count). The van der Waals surface area contributed by atoms with Crippen molar-refractivity contribution in [3.8, 4) is 0 Å². The largest absolute Gasteiger partial charge is 0.379 e. The second kappa shape index (κ2) is 12.0. The number of nitrogens with zero attached hydrogens (tertiary/aromatic N) is 4. The SMILES string of the molecule is CCNC(=NCc1cccc(C(=O)NCCN(C)C)c1)N1CCC(N2CCOCC2)C1. The van der Waals surface area contributed by atoms with Crippen molar-refractivity contribution in [3.63, 3.8) is 0 Å². The summed E-state index contributed by atoms with van der Waals surface area (Å²) in [7, 11) is 3.99. The molecule has 1 aromatic rings. The predicted octanol–water partition coefficient (Wildman–Crippen LogP) is 0.850. The van der Waals surface area contributed by atoms with E-state index in [0.717, 1.165) is 70.4 Å². The highest BCUT2D eigenvalue weighted by molar-refractivity contribution is 5.94. The Labute approximate surface area is 186 Å². The Morgan fingerprint density at radius 2 is 2.03 bits per heavy atom. The summed E-state index contributed by atoms with van der Waals surface area (Å²) >= 11 is 0. The number of guanidine groups is 1. The lowest BCUT2D eigenvalue weighted by Gasteiger charge is -2.32. The average Bonchev–Trinajstić information content (AvgIpc) is 3.27. The number of ether oxygens (including phenoxy) is 1. The average molecular weight is 431 g/mol. The number of aliphatic imine (C=N–C) groups is 1. The number of carbonyl (C=O) groups excluding carboxylic acids is 1. The van der Waals surface area contributed by atoms with Gasteiger partial charge in [0.25, 0.3) is 5.91 Å². The Kier molecular flexibility index (Phi) is 9.12. The van der Waals surface area contributed by atoms with E-state index in [1.165, 1.54) is 0 Å². The van der Waals surface area contributed by atoms with Gasteiger partial charge >= 0.3 is 0 Å². The van der Waals surface area contributed by atoms with Crippen LogP contribution < -0.4 is 10.6 Å². The van der Waals surface area contributed by atoms with Crippen molar-refractivity contribution in [3.05, 3.63) is 35.4 Å². The molecule has 0 radical (unpaired) electrons. The van der Waals surface area contributed by atoms with E-state index in [1.54, 1.807) is 0 Å². The molecule has 8 heteroatoms. The number of nitrogens with one attached hydrogen (secondary N) is 2. The quantitative estimate of drug-likeness (QED) is 0.471. The maximum absolute atomic E-state index is 12.4. The van der Waals surface area contributed by atoms with E-state index >= 15 is 0 Å². The summed E-state index contributed by atoms with van der Waals surface area (Å²) in [6, 6.07) is 8.34. The van der Waals surface area contributed by atoms with Gasteiger partial charge in [0.1, 0.15) is 0 Å². The molecule has 0 aromatic heterocycles. The first kappa shape index (κ1) is 23.5. The fraction of sp³-hybridized carbons (Fsp3) is 0.652. The number of hydrogen-bond acceptors (Lipinski definition) is 5. The van der Waals surface area contributed by atoms with Gasteiger partial charge in [0.05, 0.1) is 19.8 Å². The molecule has 1 unspecified atom stereocenters. The van der Waals surface area contributed by atoms with Crippen LogP contribution in [0, 0.1) is 0 Å². The van der Waals surface area contributed by atoms with E-state index in [0.29, 0.717) is 24.7 Å². The summed E-state index contributed by atoms with van der Waals surface area (Å²) in [5.41, 5.74) is 1.73. The van der Waals surface area contributed by atoms with Crippen LogP contribution in [0.15, 0.2) is 29.3 Å². The molecule has 0 bridgehead atoms. The zero-order chi connectivity index (χ0) is 22.1. The molecule has 1 atom stereocenters. The Balaban J connectivity index is 1.58. The number of benzene rings is 1. The molecule has 0 aliphatic carbocycles. The van der Waals surface area contributed by atoms with E-state index in [2.05, 4.69) is 32.3 Å². The standard InChI is InChI=1S/C23H38N6O2/c1-4-24-23(29-10-8-21(18-29)28-12-14-31-15-13-28)26-17-19-6-5-7-20(16-19)22(30)25-9-11-27(2)3/h5-7,16,21H,4,8-15,17-18H2,1-3H3,(H,24,26)(H,25,30). The molecule has 2 N–H and O–H groups in total. The molecule has 172 valence electrons. The second-order valence-electron chi connectivity index (χ2n) is 8.47. The van der Waals surface area contributed by atoms with Crippen LogP contribution in [0.5, 0.6) is 0 Å². The third-order valence-corrected chi connectivity index (χ3v) is 5.81. The first-order valence-electron chi connectivity index (χ1n) is 11.4. The van der Waals surface area contributed by atoms with Crippen molar-refractivity contribution in [2.75, 3.05) is 73.1 Å². The van der Waals surface area contributed by atoms with E-state index in [1.807, 2.05) is 38.4 Å². The first-order chi connectivity index (χ1) is 15.1. The van der Waals surface area contributed by atoms with Gasteiger partial charge in [-0.3, -0.25) is 9.69 Å². The maximum atomic E-state index is 12.4. The van der Waals surface area contributed by atoms with Crippen LogP contribution in [0.25, 0.3) is 0 Å². The second-order valence-corrected chi connectivity index (χ2v) is 8.47. The van der Waals surface area contributed by atoms with Gasteiger partial charge in [-0.15, -0.1) is 0 Å². The number of likely N-dealkylation sites (N-methyl/N-ethyl adjacent to an activating group) is 1. The van der Waals surface area contributed by atoms with E-state index in [4.69, 9.17) is 9.73 Å². The third-order valence-electron chi connectivity index (χ3n) is 5.81. The van der Waals surface area contributed by atoms with Crippen molar-refractivity contribution >= 4 is 11.9 Å². The molecule has 1 amide bonds. The number of morpholine rings is 1. The highest BCUT2D eigenvalue weighted by Crippen LogP contribution is 2.17. The van der Waals surface area contributed by atoms with Crippen LogP contribution >= 0.6 is 0 Å². The maximum Gasteiger partial charge on any atom is 0.251 e. The minimum atomic E-state index is -0.0347. The lowest BCUT2D eigenvalue weighted by molar-refractivity contribution is 0.0195. The van der Waals surface area contributed by atoms with E-state index in [9.17, 15) is 4.79 Å². The van der Waals surface area contributed by atoms with Crippen molar-refractivity contribution in [2.24, 2.45) is 4.99 Å². The van der Waals surface area contributed by atoms with Crippen molar-refractivity contribution in [1.82, 2.24) is 25.3 Å². The molecule has 2 heterocycles. The molecule has 2 fully saturated rings. The van der Waals surface area contributed by atoms with Gasteiger partial charge in [0, 0.05) is 57.4 Å². The molecular weight excluding hydrogens is 392 g/mol. The van der Waals surface area contributed by atoms with Gasteiger partial charge in [-0.2, -0.15) is 0 Å². The summed E-state index contributed by atoms with van der Waals surface area (Å²) < 4.78 is 5.50. The number of likely N-dealkylation sites (tertiary alicyclic amines) is 1. The van der Waals surface area contributed by atoms with Gasteiger partial charge in [-0.1, -0.05) is 12.1 Å². The molecule has 8 nitrogen and oxygen atoms in total. The third kappa shape index (κ3) is 7.19. The fourth-order valence-electron chi connectivity index (χ4n) is 4.07. The monoisotopic (exact) mass is 430 g/mol. The predicted molar refractivity (Wildman–Crippen MR) is 125 cm³/mol. The Morgan fingerprint density at radius 3 is 2.77 bits per heavy atom. The van der Waals surface area contributed by atoms with Crippen LogP contribution in [0.4, 0.5) is 0 Å². The molecule has 2 saturated heterocycles. The minimum Gasteiger partial charge on any atom is -0.379 e. The van der Waals surface area contributed by atoms with Gasteiger partial charge in [0.2, 0.25) is 0 Å². The van der Waals surface area contributed by atoms with Gasteiger partial charge in [-0.05, 0) is 45.1 Å². The van der Waals surface area contributed by atoms with Crippen LogP contribution in [0.2, 0.25) is 0 Å². The van der Waals surface area contributed by atoms with Crippen LogP contribution in [0.1, 0.15) is 29.3 Å². The zero-order valence-corrected chi connectivity index (χ0v) is 19.3. The van der Waals surface area contributed by atoms with Gasteiger partial charge < -0.3 is 25.2 Å². The Morgan fingerprint density at radius 1 is 1.23 bits per heavy atom. The Bertz CT molecular complexity index is 733. The summed E-state index contributed by atoms with van der Waals surface area (Å²) in [5.74, 6) is 0.923. The number of carbonyl (C=O) groups is 1. The first-order valence-corrected chi connectivity index (χ1v) is 11.4. The molecule has 2 aliphatic heterocycles. The molecule has 2 aliphatic rings. The molecule has 1 aromatic carbocycles. The summed E-state index contributed by atoms with van der Waals surface area (Å²) in [6.07, 6.45) is 1.16. The van der Waals surface area contributed by atoms with Crippen molar-refractivity contribution < 1.29 is 9.53 Å². The zero-order valence-electron chi connectivity index (χ0n) is 19.3. The van der Waals surface area contributed by atoms with E-state index in [-0.39, 0.29) is 5.91 Å². The summed E-state index contributed by atoms with van der Waals surface area (Å²) in [5, 5.41) is 6.42. The number of hydrogen-bond donors (Lipinski definition) is 2. The number of rotatable bonds is 8. The molecule has 0 spiro atoms. The minimum absolute atomic E-state index is 0.0347.